The van der Waals surface area contributed by atoms with Gasteiger partial charge in [-0.05, 0) is 26.8 Å². The van der Waals surface area contributed by atoms with E-state index in [2.05, 4.69) is 26.8 Å². The highest BCUT2D eigenvalue weighted by Gasteiger charge is 2.32. The Labute approximate surface area is 138 Å². The minimum absolute atomic E-state index is 0.0648. The highest BCUT2D eigenvalue weighted by Crippen LogP contribution is 2.41. The molecule has 5 heteroatoms. The van der Waals surface area contributed by atoms with Crippen molar-refractivity contribution in [2.24, 2.45) is 0 Å². The van der Waals surface area contributed by atoms with Gasteiger partial charge in [0.2, 0.25) is 0 Å². The van der Waals surface area contributed by atoms with Gasteiger partial charge < -0.3 is 19.3 Å². The van der Waals surface area contributed by atoms with E-state index >= 15 is 0 Å². The summed E-state index contributed by atoms with van der Waals surface area (Å²) in [5.41, 5.74) is 0.950. The average molecular weight is 319 g/mol. The lowest BCUT2D eigenvalue weighted by atomic mass is 10.0. The largest absolute Gasteiger partial charge is 0.483 e. The van der Waals surface area contributed by atoms with E-state index in [1.54, 1.807) is 4.90 Å². The Morgan fingerprint density at radius 2 is 2.09 bits per heavy atom. The van der Waals surface area contributed by atoms with E-state index in [-0.39, 0.29) is 18.1 Å². The number of benzene rings is 1. The van der Waals surface area contributed by atoms with Gasteiger partial charge >= 0.3 is 0 Å². The van der Waals surface area contributed by atoms with Crippen molar-refractivity contribution in [3.05, 3.63) is 23.8 Å². The maximum atomic E-state index is 12.3. The highest BCUT2D eigenvalue weighted by molar-refractivity contribution is 5.78. The Morgan fingerprint density at radius 3 is 2.78 bits per heavy atom. The number of ether oxygens (including phenoxy) is 2. The molecule has 2 aliphatic rings. The fraction of sp³-hybridized carbons (Fsp3) is 0.611. The Balaban J connectivity index is 1.58. The van der Waals surface area contributed by atoms with Crippen LogP contribution in [0.4, 0.5) is 0 Å². The molecular formula is C18H27N2O3+. The number of nitrogens with one attached hydrogen (secondary N) is 1. The Hall–Kier alpha value is -1.75. The number of nitrogens with zero attached hydrogens (tertiary/aromatic N) is 1. The van der Waals surface area contributed by atoms with Crippen LogP contribution in [-0.4, -0.2) is 55.7 Å². The summed E-state index contributed by atoms with van der Waals surface area (Å²) < 4.78 is 11.8. The Morgan fingerprint density at radius 1 is 1.35 bits per heavy atom. The number of likely N-dealkylation sites (N-methyl/N-ethyl adjacent to an activating group) is 1. The van der Waals surface area contributed by atoms with Crippen LogP contribution in [0.2, 0.25) is 0 Å². The quantitative estimate of drug-likeness (QED) is 0.880. The molecule has 1 amide bonds. The van der Waals surface area contributed by atoms with Gasteiger partial charge in [-0.25, -0.2) is 0 Å². The molecular weight excluding hydrogens is 292 g/mol. The first-order valence-corrected chi connectivity index (χ1v) is 8.53. The number of fused-ring (bicyclic) bond motifs is 1. The molecule has 5 nitrogen and oxygen atoms in total. The zero-order valence-corrected chi connectivity index (χ0v) is 14.4. The molecule has 0 spiro atoms. The van der Waals surface area contributed by atoms with Gasteiger partial charge in [0.25, 0.3) is 5.91 Å². The monoisotopic (exact) mass is 319 g/mol. The van der Waals surface area contributed by atoms with Crippen LogP contribution in [0, 0.1) is 0 Å². The third-order valence-corrected chi connectivity index (χ3v) is 4.73. The molecule has 3 rings (SSSR count). The molecule has 0 bridgehead atoms. The maximum absolute atomic E-state index is 12.3. The van der Waals surface area contributed by atoms with Crippen LogP contribution >= 0.6 is 0 Å². The lowest BCUT2D eigenvalue weighted by Gasteiger charge is -2.31. The van der Waals surface area contributed by atoms with E-state index in [9.17, 15) is 4.79 Å². The number of piperazine rings is 1. The fourth-order valence-corrected chi connectivity index (χ4v) is 3.36. The molecule has 23 heavy (non-hydrogen) atoms. The number of rotatable bonds is 4. The van der Waals surface area contributed by atoms with Crippen molar-refractivity contribution in [3.63, 3.8) is 0 Å². The standard InChI is InChI=1S/C18H26N2O3/c1-4-19-8-10-20(11-9-19)16(21)13-22-15-7-5-6-14-12-18(2,3)23-17(14)15/h5-7H,4,8-13H2,1-3H3/p+1. The van der Waals surface area contributed by atoms with E-state index in [1.807, 2.05) is 17.0 Å². The summed E-state index contributed by atoms with van der Waals surface area (Å²) in [7, 11) is 0. The van der Waals surface area contributed by atoms with Crippen LogP contribution in [0.25, 0.3) is 0 Å². The number of hydrogen-bond donors (Lipinski definition) is 1. The molecule has 126 valence electrons. The van der Waals surface area contributed by atoms with E-state index in [0.29, 0.717) is 5.75 Å². The van der Waals surface area contributed by atoms with Crippen molar-refractivity contribution in [3.8, 4) is 11.5 Å². The number of hydrogen-bond acceptors (Lipinski definition) is 3. The van der Waals surface area contributed by atoms with Gasteiger partial charge in [0.1, 0.15) is 5.60 Å². The van der Waals surface area contributed by atoms with Gasteiger partial charge in [-0.2, -0.15) is 0 Å². The molecule has 1 aromatic rings. The summed E-state index contributed by atoms with van der Waals surface area (Å²) in [5.74, 6) is 1.54. The van der Waals surface area contributed by atoms with Crippen LogP contribution in [0.3, 0.4) is 0 Å². The second-order valence-corrected chi connectivity index (χ2v) is 7.06. The predicted octanol–water partition coefficient (Wildman–Crippen LogP) is 0.526. The fourth-order valence-electron chi connectivity index (χ4n) is 3.36. The number of carbonyl (C=O) groups excluding carboxylic acids is 1. The second-order valence-electron chi connectivity index (χ2n) is 7.06. The molecule has 2 aliphatic heterocycles. The second kappa shape index (κ2) is 6.40. The topological polar surface area (TPSA) is 43.2 Å². The first kappa shape index (κ1) is 16.1. The SMILES string of the molecule is CC[NH+]1CCN(C(=O)COc2cccc3c2OC(C)(C)C3)CC1. The molecule has 1 fully saturated rings. The molecule has 0 radical (unpaired) electrons. The lowest BCUT2D eigenvalue weighted by Crippen LogP contribution is -3.14. The summed E-state index contributed by atoms with van der Waals surface area (Å²) in [6, 6.07) is 5.91. The van der Waals surface area contributed by atoms with Crippen LogP contribution in [0.15, 0.2) is 18.2 Å². The summed E-state index contributed by atoms with van der Waals surface area (Å²) >= 11 is 0. The molecule has 1 saturated heterocycles. The molecule has 2 heterocycles. The Kier molecular flexibility index (Phi) is 4.48. The molecule has 0 atom stereocenters. The molecule has 1 N–H and O–H groups in total. The maximum Gasteiger partial charge on any atom is 0.260 e. The van der Waals surface area contributed by atoms with E-state index in [4.69, 9.17) is 9.47 Å². The molecule has 1 aromatic carbocycles. The Bertz CT molecular complexity index is 578. The highest BCUT2D eigenvalue weighted by atomic mass is 16.5. The minimum Gasteiger partial charge on any atom is -0.483 e. The first-order valence-electron chi connectivity index (χ1n) is 8.53. The predicted molar refractivity (Wildman–Crippen MR) is 88.2 cm³/mol. The third-order valence-electron chi connectivity index (χ3n) is 4.73. The van der Waals surface area contributed by atoms with Crippen molar-refractivity contribution in [2.45, 2.75) is 32.8 Å². The molecule has 0 aliphatic carbocycles. The van der Waals surface area contributed by atoms with E-state index in [1.165, 1.54) is 0 Å². The summed E-state index contributed by atoms with van der Waals surface area (Å²) in [6.45, 7) is 11.2. The molecule has 0 unspecified atom stereocenters. The number of quaternary nitrogens is 1. The normalized spacial score (nSPS) is 20.0. The summed E-state index contributed by atoms with van der Waals surface area (Å²) in [4.78, 5) is 15.8. The number of carbonyl (C=O) groups is 1. The van der Waals surface area contributed by atoms with Gasteiger partial charge in [0.05, 0.1) is 32.7 Å². The molecule has 0 aromatic heterocycles. The number of para-hydroxylation sites is 1. The van der Waals surface area contributed by atoms with Crippen LogP contribution in [0.1, 0.15) is 26.3 Å². The lowest BCUT2D eigenvalue weighted by molar-refractivity contribution is -0.902. The van der Waals surface area contributed by atoms with Crippen molar-refractivity contribution in [1.29, 1.82) is 0 Å². The number of amides is 1. The zero-order valence-electron chi connectivity index (χ0n) is 14.4. The van der Waals surface area contributed by atoms with Gasteiger partial charge in [-0.3, -0.25) is 4.79 Å². The van der Waals surface area contributed by atoms with Gasteiger partial charge in [0.15, 0.2) is 18.1 Å². The smallest absolute Gasteiger partial charge is 0.260 e. The van der Waals surface area contributed by atoms with Crippen molar-refractivity contribution in [1.82, 2.24) is 4.90 Å². The van der Waals surface area contributed by atoms with Crippen molar-refractivity contribution in [2.75, 3.05) is 39.3 Å². The van der Waals surface area contributed by atoms with Crippen molar-refractivity contribution >= 4 is 5.91 Å². The third kappa shape index (κ3) is 3.61. The van der Waals surface area contributed by atoms with Gasteiger partial charge in [-0.1, -0.05) is 12.1 Å². The summed E-state index contributed by atoms with van der Waals surface area (Å²) in [6.07, 6.45) is 0.870. The first-order chi connectivity index (χ1) is 11.0. The zero-order chi connectivity index (χ0) is 16.4. The van der Waals surface area contributed by atoms with Gasteiger partial charge in [-0.15, -0.1) is 0 Å². The van der Waals surface area contributed by atoms with Crippen LogP contribution in [-0.2, 0) is 11.2 Å². The van der Waals surface area contributed by atoms with Gasteiger partial charge in [0, 0.05) is 12.0 Å². The van der Waals surface area contributed by atoms with Crippen LogP contribution in [0.5, 0.6) is 11.5 Å². The minimum atomic E-state index is -0.203. The molecule has 0 saturated carbocycles. The van der Waals surface area contributed by atoms with Crippen LogP contribution < -0.4 is 14.4 Å². The van der Waals surface area contributed by atoms with Crippen molar-refractivity contribution < 1.29 is 19.2 Å². The van der Waals surface area contributed by atoms with E-state index < -0.39 is 0 Å². The van der Waals surface area contributed by atoms with E-state index in [0.717, 1.165) is 50.5 Å². The summed E-state index contributed by atoms with van der Waals surface area (Å²) in [5, 5.41) is 0. The average Bonchev–Trinajstić information content (AvgIpc) is 2.87.